The zero-order valence-corrected chi connectivity index (χ0v) is 17.8. The van der Waals surface area contributed by atoms with Crippen molar-refractivity contribution in [3.8, 4) is 0 Å². The van der Waals surface area contributed by atoms with Crippen LogP contribution in [0.3, 0.4) is 0 Å². The topological polar surface area (TPSA) is 18.5 Å². The van der Waals surface area contributed by atoms with Crippen molar-refractivity contribution in [3.63, 3.8) is 0 Å². The third-order valence-electron chi connectivity index (χ3n) is 7.48. The molecule has 0 amide bonds. The third-order valence-corrected chi connectivity index (χ3v) is 7.48. The van der Waals surface area contributed by atoms with Crippen LogP contribution in [0.5, 0.6) is 0 Å². The van der Waals surface area contributed by atoms with Gasteiger partial charge in [0.05, 0.1) is 23.4 Å². The molecule has 3 aliphatic carbocycles. The van der Waals surface area contributed by atoms with Crippen LogP contribution in [0.15, 0.2) is 12.7 Å². The molecule has 3 saturated carbocycles. The van der Waals surface area contributed by atoms with Gasteiger partial charge in [-0.05, 0) is 64.2 Å². The third kappa shape index (κ3) is 4.93. The molecule has 7 fully saturated rings. The molecule has 4 aliphatic heterocycles. The summed E-state index contributed by atoms with van der Waals surface area (Å²) in [5.41, 5.74) is 0.494. The average molecular weight is 363 g/mol. The Balaban J connectivity index is 0.000000114. The molecular weight excluding hydrogens is 320 g/mol. The van der Waals surface area contributed by atoms with E-state index >= 15 is 0 Å². The number of ether oxygens (including phenoxy) is 2. The lowest BCUT2D eigenvalue weighted by Crippen LogP contribution is -2.56. The van der Waals surface area contributed by atoms with Crippen LogP contribution in [-0.2, 0) is 9.47 Å². The lowest BCUT2D eigenvalue weighted by Gasteiger charge is -2.54. The Morgan fingerprint density at radius 3 is 1.77 bits per heavy atom. The van der Waals surface area contributed by atoms with Gasteiger partial charge in [0, 0.05) is 18.8 Å². The monoisotopic (exact) mass is 362 g/mol. The Bertz CT molecular complexity index is 439. The second-order valence-electron chi connectivity index (χ2n) is 10.3. The molecule has 7 atom stereocenters. The van der Waals surface area contributed by atoms with Crippen molar-refractivity contribution >= 4 is 0 Å². The van der Waals surface area contributed by atoms with Crippen LogP contribution in [-0.4, -0.2) is 23.4 Å². The number of rotatable bonds is 1. The Morgan fingerprint density at radius 1 is 0.846 bits per heavy atom. The van der Waals surface area contributed by atoms with Gasteiger partial charge in [-0.2, -0.15) is 0 Å². The van der Waals surface area contributed by atoms with Gasteiger partial charge in [0.2, 0.25) is 0 Å². The van der Waals surface area contributed by atoms with Crippen LogP contribution in [0.4, 0.5) is 0 Å². The highest BCUT2D eigenvalue weighted by atomic mass is 16.5. The first-order chi connectivity index (χ1) is 12.3. The van der Waals surface area contributed by atoms with E-state index in [0.29, 0.717) is 23.7 Å². The number of hydrogen-bond acceptors (Lipinski definition) is 2. The van der Waals surface area contributed by atoms with E-state index in [9.17, 15) is 0 Å². The fraction of sp³-hybridized carbons (Fsp3) is 0.917. The summed E-state index contributed by atoms with van der Waals surface area (Å²) >= 11 is 0. The van der Waals surface area contributed by atoms with Gasteiger partial charge in [0.15, 0.2) is 0 Å². The zero-order chi connectivity index (χ0) is 18.8. The van der Waals surface area contributed by atoms with Crippen molar-refractivity contribution in [3.05, 3.63) is 12.7 Å². The van der Waals surface area contributed by atoms with Gasteiger partial charge < -0.3 is 9.47 Å². The van der Waals surface area contributed by atoms with Crippen molar-refractivity contribution in [2.75, 3.05) is 0 Å². The minimum atomic E-state index is 0.171. The minimum absolute atomic E-state index is 0.171. The molecule has 7 rings (SSSR count). The second-order valence-corrected chi connectivity index (χ2v) is 10.3. The van der Waals surface area contributed by atoms with Gasteiger partial charge in [0.1, 0.15) is 0 Å². The average Bonchev–Trinajstić information content (AvgIpc) is 2.54. The Kier molecular flexibility index (Phi) is 6.55. The molecule has 7 unspecified atom stereocenters. The van der Waals surface area contributed by atoms with E-state index in [1.807, 2.05) is 0 Å². The Morgan fingerprint density at radius 2 is 1.46 bits per heavy atom. The molecule has 0 aromatic heterocycles. The maximum atomic E-state index is 5.69. The maximum Gasteiger partial charge on any atom is 0.0745 e. The van der Waals surface area contributed by atoms with Gasteiger partial charge in [-0.1, -0.05) is 39.2 Å². The molecule has 2 heteroatoms. The molecule has 0 spiro atoms. The summed E-state index contributed by atoms with van der Waals surface area (Å²) in [6, 6.07) is 0. The smallest absolute Gasteiger partial charge is 0.0745 e. The summed E-state index contributed by atoms with van der Waals surface area (Å²) in [7, 11) is 0. The second kappa shape index (κ2) is 8.35. The standard InChI is InChI=1S/C9H14O.C8H16.C7H12O/c1-3-7-4-5-8-6-9(7,2)10-8;1-7-4-3-5-8(2)6-7;1-7-4-2-3-6(5-7)8-7/h3,7-8H,1,4-6H2,2H3;7-8H,3-6H2,1-2H3;6H,2-5H2,1H3. The van der Waals surface area contributed by atoms with Crippen molar-refractivity contribution in [2.24, 2.45) is 17.8 Å². The fourth-order valence-electron chi connectivity index (χ4n) is 5.90. The van der Waals surface area contributed by atoms with Crippen molar-refractivity contribution in [1.82, 2.24) is 0 Å². The quantitative estimate of drug-likeness (QED) is 0.484. The van der Waals surface area contributed by atoms with E-state index in [0.717, 1.165) is 11.8 Å². The molecular formula is C24H42O2. The molecule has 4 saturated heterocycles. The SMILES string of the molecule is C=CC1CCC2CC1(C)O2.CC12CCCC(C1)O2.CC1CCCC(C)C1. The van der Waals surface area contributed by atoms with Crippen LogP contribution in [0.1, 0.15) is 98.3 Å². The van der Waals surface area contributed by atoms with E-state index < -0.39 is 0 Å². The first kappa shape index (κ1) is 20.4. The molecule has 0 aromatic carbocycles. The molecule has 0 N–H and O–H groups in total. The molecule has 2 nitrogen and oxygen atoms in total. The van der Waals surface area contributed by atoms with Crippen molar-refractivity contribution < 1.29 is 9.47 Å². The molecule has 7 aliphatic rings. The van der Waals surface area contributed by atoms with Gasteiger partial charge in [-0.3, -0.25) is 0 Å². The Hall–Kier alpha value is -0.340. The van der Waals surface area contributed by atoms with Crippen LogP contribution >= 0.6 is 0 Å². The van der Waals surface area contributed by atoms with Crippen LogP contribution < -0.4 is 0 Å². The predicted molar refractivity (Wildman–Crippen MR) is 109 cm³/mol. The molecule has 4 heterocycles. The molecule has 150 valence electrons. The summed E-state index contributed by atoms with van der Waals surface area (Å²) in [4.78, 5) is 0. The van der Waals surface area contributed by atoms with E-state index in [2.05, 4.69) is 40.3 Å². The summed E-state index contributed by atoms with van der Waals surface area (Å²) in [6.45, 7) is 13.0. The summed E-state index contributed by atoms with van der Waals surface area (Å²) in [5, 5.41) is 0. The number of fused-ring (bicyclic) bond motifs is 4. The van der Waals surface area contributed by atoms with E-state index in [1.54, 1.807) is 0 Å². The summed E-state index contributed by atoms with van der Waals surface area (Å²) < 4.78 is 11.3. The maximum absolute atomic E-state index is 5.69. The van der Waals surface area contributed by atoms with Crippen LogP contribution in [0, 0.1) is 17.8 Å². The first-order valence-electron chi connectivity index (χ1n) is 11.3. The summed E-state index contributed by atoms with van der Waals surface area (Å²) in [6.07, 6.45) is 18.3. The van der Waals surface area contributed by atoms with E-state index in [-0.39, 0.29) is 5.60 Å². The summed E-state index contributed by atoms with van der Waals surface area (Å²) in [5.74, 6) is 2.63. The largest absolute Gasteiger partial charge is 0.372 e. The van der Waals surface area contributed by atoms with E-state index in [4.69, 9.17) is 9.47 Å². The van der Waals surface area contributed by atoms with Gasteiger partial charge in [-0.25, -0.2) is 0 Å². The van der Waals surface area contributed by atoms with Gasteiger partial charge in [-0.15, -0.1) is 6.58 Å². The fourth-order valence-corrected chi connectivity index (χ4v) is 5.90. The molecule has 0 aromatic rings. The van der Waals surface area contributed by atoms with E-state index in [1.165, 1.54) is 70.6 Å². The molecule has 26 heavy (non-hydrogen) atoms. The minimum Gasteiger partial charge on any atom is -0.372 e. The van der Waals surface area contributed by atoms with Crippen LogP contribution in [0.25, 0.3) is 0 Å². The van der Waals surface area contributed by atoms with Crippen LogP contribution in [0.2, 0.25) is 0 Å². The zero-order valence-electron chi connectivity index (χ0n) is 17.8. The van der Waals surface area contributed by atoms with Crippen molar-refractivity contribution in [2.45, 2.75) is 122 Å². The lowest BCUT2D eigenvalue weighted by molar-refractivity contribution is -0.244. The normalized spacial score (nSPS) is 48.4. The molecule has 4 bridgehead atoms. The highest BCUT2D eigenvalue weighted by molar-refractivity contribution is 5.05. The lowest BCUT2D eigenvalue weighted by atomic mass is 9.70. The molecule has 0 radical (unpaired) electrons. The highest BCUT2D eigenvalue weighted by Gasteiger charge is 2.49. The van der Waals surface area contributed by atoms with Gasteiger partial charge in [0.25, 0.3) is 0 Å². The van der Waals surface area contributed by atoms with Crippen molar-refractivity contribution in [1.29, 1.82) is 0 Å². The Labute approximate surface area is 162 Å². The number of hydrogen-bond donors (Lipinski definition) is 0. The predicted octanol–water partition coefficient (Wildman–Crippen LogP) is 6.68. The van der Waals surface area contributed by atoms with Gasteiger partial charge >= 0.3 is 0 Å². The highest BCUT2D eigenvalue weighted by Crippen LogP contribution is 2.48. The first-order valence-corrected chi connectivity index (χ1v) is 11.3.